The highest BCUT2D eigenvalue weighted by atomic mass is 16.6. The van der Waals surface area contributed by atoms with Gasteiger partial charge in [0, 0.05) is 6.07 Å². The lowest BCUT2D eigenvalue weighted by molar-refractivity contribution is -0.386. The number of nitrogens with one attached hydrogen (secondary N) is 2. The summed E-state index contributed by atoms with van der Waals surface area (Å²) in [5, 5.41) is 22.3. The van der Waals surface area contributed by atoms with Crippen LogP contribution in [-0.4, -0.2) is 26.9 Å². The number of aromatic amines is 2. The van der Waals surface area contributed by atoms with E-state index in [9.17, 15) is 29.8 Å². The molecule has 0 saturated carbocycles. The Morgan fingerprint density at radius 2 is 1.72 bits per heavy atom. The van der Waals surface area contributed by atoms with Crippen LogP contribution >= 0.6 is 0 Å². The van der Waals surface area contributed by atoms with Crippen molar-refractivity contribution in [1.82, 2.24) is 9.97 Å². The molecule has 12 heteroatoms. The molecule has 0 spiro atoms. The zero-order valence-electron chi connectivity index (χ0n) is 16.6. The fourth-order valence-corrected chi connectivity index (χ4v) is 2.86. The molecule has 32 heavy (non-hydrogen) atoms. The molecular formula is C20H16N4O8. The predicted octanol–water partition coefficient (Wildman–Crippen LogP) is 2.64. The summed E-state index contributed by atoms with van der Waals surface area (Å²) >= 11 is 0. The molecule has 1 heterocycles. The van der Waals surface area contributed by atoms with E-state index in [1.807, 2.05) is 0 Å². The average Bonchev–Trinajstić information content (AvgIpc) is 2.75. The minimum absolute atomic E-state index is 0.0897. The van der Waals surface area contributed by atoms with Crippen molar-refractivity contribution in [3.8, 4) is 11.5 Å². The van der Waals surface area contributed by atoms with Gasteiger partial charge in [-0.3, -0.25) is 30.0 Å². The van der Waals surface area contributed by atoms with Gasteiger partial charge in [0.25, 0.3) is 5.69 Å². The topological polar surface area (TPSA) is 170 Å². The van der Waals surface area contributed by atoms with Gasteiger partial charge in [0.1, 0.15) is 12.3 Å². The van der Waals surface area contributed by atoms with Gasteiger partial charge < -0.3 is 14.5 Å². The minimum Gasteiger partial charge on any atom is -0.493 e. The van der Waals surface area contributed by atoms with Crippen molar-refractivity contribution >= 4 is 23.5 Å². The van der Waals surface area contributed by atoms with Crippen LogP contribution < -0.4 is 20.7 Å². The largest absolute Gasteiger partial charge is 0.493 e. The van der Waals surface area contributed by atoms with Gasteiger partial charge in [-0.25, -0.2) is 4.79 Å². The van der Waals surface area contributed by atoms with Crippen LogP contribution in [0.2, 0.25) is 0 Å². The highest BCUT2D eigenvalue weighted by Gasteiger charge is 2.19. The number of nitro groups is 2. The molecule has 3 rings (SSSR count). The summed E-state index contributed by atoms with van der Waals surface area (Å²) in [7, 11) is 1.42. The van der Waals surface area contributed by atoms with E-state index in [-0.39, 0.29) is 23.7 Å². The Balaban J connectivity index is 1.91. The standard InChI is InChI=1S/C20H16N4O8/c1-31-16-9-7-12(6-8-14-18(24(29)30)19(25)22-20(26)21-14)10-17(16)32-11-13-4-2-3-5-15(13)23(27)28/h2-10H,11H2,1H3,(H2,21,22,25,26)/b8-6+. The maximum Gasteiger partial charge on any atom is 0.357 e. The molecular weight excluding hydrogens is 424 g/mol. The molecule has 0 bridgehead atoms. The summed E-state index contributed by atoms with van der Waals surface area (Å²) < 4.78 is 11.0. The third-order valence-electron chi connectivity index (χ3n) is 4.33. The summed E-state index contributed by atoms with van der Waals surface area (Å²) in [6.07, 6.45) is 2.64. The van der Waals surface area contributed by atoms with Crippen LogP contribution in [0.4, 0.5) is 11.4 Å². The smallest absolute Gasteiger partial charge is 0.357 e. The quantitative estimate of drug-likeness (QED) is 0.397. The summed E-state index contributed by atoms with van der Waals surface area (Å²) in [6.45, 7) is -0.104. The molecule has 0 amide bonds. The second-order valence-electron chi connectivity index (χ2n) is 6.35. The van der Waals surface area contributed by atoms with Gasteiger partial charge >= 0.3 is 16.9 Å². The zero-order chi connectivity index (χ0) is 23.3. The second-order valence-corrected chi connectivity index (χ2v) is 6.35. The van der Waals surface area contributed by atoms with Gasteiger partial charge in [-0.1, -0.05) is 24.3 Å². The molecule has 0 saturated heterocycles. The number of hydrogen-bond donors (Lipinski definition) is 2. The highest BCUT2D eigenvalue weighted by molar-refractivity contribution is 5.72. The Morgan fingerprint density at radius 1 is 0.969 bits per heavy atom. The molecule has 0 atom stereocenters. The number of nitrogens with zero attached hydrogens (tertiary/aromatic N) is 2. The first kappa shape index (κ1) is 22.0. The second kappa shape index (κ2) is 9.38. The van der Waals surface area contributed by atoms with Crippen LogP contribution in [0, 0.1) is 20.2 Å². The maximum atomic E-state index is 11.7. The van der Waals surface area contributed by atoms with Gasteiger partial charge in [0.05, 0.1) is 22.5 Å². The third-order valence-corrected chi connectivity index (χ3v) is 4.33. The molecule has 0 radical (unpaired) electrons. The number of benzene rings is 2. The fraction of sp³-hybridized carbons (Fsp3) is 0.100. The molecule has 0 aliphatic heterocycles. The Bertz CT molecular complexity index is 1330. The Labute approximate surface area is 179 Å². The molecule has 3 aromatic rings. The number of rotatable bonds is 8. The number of hydrogen-bond acceptors (Lipinski definition) is 8. The van der Waals surface area contributed by atoms with E-state index in [2.05, 4.69) is 4.98 Å². The molecule has 2 aromatic carbocycles. The highest BCUT2D eigenvalue weighted by Crippen LogP contribution is 2.30. The van der Waals surface area contributed by atoms with Crippen LogP contribution in [0.5, 0.6) is 11.5 Å². The predicted molar refractivity (Wildman–Crippen MR) is 114 cm³/mol. The normalized spacial score (nSPS) is 10.8. The molecule has 164 valence electrons. The lowest BCUT2D eigenvalue weighted by Gasteiger charge is -2.11. The first-order chi connectivity index (χ1) is 15.3. The van der Waals surface area contributed by atoms with Gasteiger partial charge in [0.2, 0.25) is 0 Å². The lowest BCUT2D eigenvalue weighted by atomic mass is 10.1. The summed E-state index contributed by atoms with van der Waals surface area (Å²) in [4.78, 5) is 48.1. The Hall–Kier alpha value is -4.74. The van der Waals surface area contributed by atoms with Crippen molar-refractivity contribution in [2.24, 2.45) is 0 Å². The summed E-state index contributed by atoms with van der Waals surface area (Å²) in [5.41, 5.74) is -2.32. The van der Waals surface area contributed by atoms with Crippen molar-refractivity contribution in [3.63, 3.8) is 0 Å². The maximum absolute atomic E-state index is 11.7. The van der Waals surface area contributed by atoms with Gasteiger partial charge in [-0.2, -0.15) is 0 Å². The number of aromatic nitrogens is 2. The van der Waals surface area contributed by atoms with Crippen LogP contribution in [0.25, 0.3) is 12.2 Å². The Morgan fingerprint density at radius 3 is 2.41 bits per heavy atom. The van der Waals surface area contributed by atoms with Gasteiger partial charge in [-0.05, 0) is 29.8 Å². The minimum atomic E-state index is -1.12. The number of ether oxygens (including phenoxy) is 2. The first-order valence-electron chi connectivity index (χ1n) is 9.02. The molecule has 0 unspecified atom stereocenters. The van der Waals surface area contributed by atoms with E-state index in [0.29, 0.717) is 16.9 Å². The number of H-pyrrole nitrogens is 2. The lowest BCUT2D eigenvalue weighted by Crippen LogP contribution is -2.25. The molecule has 12 nitrogen and oxygen atoms in total. The third kappa shape index (κ3) is 4.87. The molecule has 2 N–H and O–H groups in total. The van der Waals surface area contributed by atoms with Crippen molar-refractivity contribution in [3.05, 3.63) is 100 Å². The van der Waals surface area contributed by atoms with E-state index < -0.39 is 26.8 Å². The molecule has 0 fully saturated rings. The van der Waals surface area contributed by atoms with Gasteiger partial charge in [0.15, 0.2) is 11.5 Å². The fourth-order valence-electron chi connectivity index (χ4n) is 2.86. The molecule has 0 aliphatic rings. The van der Waals surface area contributed by atoms with E-state index in [1.54, 1.807) is 41.4 Å². The van der Waals surface area contributed by atoms with Crippen molar-refractivity contribution in [2.75, 3.05) is 7.11 Å². The van der Waals surface area contributed by atoms with Crippen molar-refractivity contribution < 1.29 is 19.3 Å². The van der Waals surface area contributed by atoms with Gasteiger partial charge in [-0.15, -0.1) is 0 Å². The summed E-state index contributed by atoms with van der Waals surface area (Å²) in [5.74, 6) is 0.623. The van der Waals surface area contributed by atoms with Crippen LogP contribution in [0.3, 0.4) is 0 Å². The van der Waals surface area contributed by atoms with Crippen LogP contribution in [0.1, 0.15) is 16.8 Å². The monoisotopic (exact) mass is 440 g/mol. The number of methoxy groups -OCH3 is 1. The van der Waals surface area contributed by atoms with E-state index >= 15 is 0 Å². The average molecular weight is 440 g/mol. The SMILES string of the molecule is COc1ccc(/C=C/c2[nH]c(=O)[nH]c(=O)c2[N+](=O)[O-])cc1OCc1ccccc1[N+](=O)[O-]. The van der Waals surface area contributed by atoms with Crippen LogP contribution in [0.15, 0.2) is 52.1 Å². The van der Waals surface area contributed by atoms with Crippen molar-refractivity contribution in [2.45, 2.75) is 6.61 Å². The first-order valence-corrected chi connectivity index (χ1v) is 9.02. The van der Waals surface area contributed by atoms with E-state index in [0.717, 1.165) is 0 Å². The van der Waals surface area contributed by atoms with E-state index in [4.69, 9.17) is 9.47 Å². The molecule has 1 aromatic heterocycles. The molecule has 0 aliphatic carbocycles. The number of para-hydroxylation sites is 1. The van der Waals surface area contributed by atoms with E-state index in [1.165, 1.54) is 25.3 Å². The Kier molecular flexibility index (Phi) is 6.44. The van der Waals surface area contributed by atoms with Crippen molar-refractivity contribution in [1.29, 1.82) is 0 Å². The zero-order valence-corrected chi connectivity index (χ0v) is 16.6. The number of nitro benzene ring substituents is 1. The van der Waals surface area contributed by atoms with Crippen LogP contribution in [-0.2, 0) is 6.61 Å². The summed E-state index contributed by atoms with van der Waals surface area (Å²) in [6, 6.07) is 10.9.